The Morgan fingerprint density at radius 1 is 1.22 bits per heavy atom. The molecule has 2 aliphatic carbocycles. The highest BCUT2D eigenvalue weighted by atomic mass is 35.5. The number of nitrogens with zero attached hydrogens (tertiary/aromatic N) is 1. The predicted octanol–water partition coefficient (Wildman–Crippen LogP) is 4.56. The maximum absolute atomic E-state index is 12.8. The lowest BCUT2D eigenvalue weighted by atomic mass is 9.65. The van der Waals surface area contributed by atoms with E-state index >= 15 is 0 Å². The molecule has 4 nitrogen and oxygen atoms in total. The van der Waals surface area contributed by atoms with Gasteiger partial charge in [0.25, 0.3) is 0 Å². The van der Waals surface area contributed by atoms with Crippen molar-refractivity contribution >= 4 is 29.7 Å². The van der Waals surface area contributed by atoms with E-state index in [2.05, 4.69) is 22.8 Å². The Morgan fingerprint density at radius 3 is 2.56 bits per heavy atom. The summed E-state index contributed by atoms with van der Waals surface area (Å²) in [6.45, 7) is 2.03. The van der Waals surface area contributed by atoms with Gasteiger partial charge in [0, 0.05) is 22.9 Å². The average molecular weight is 406 g/mol. The average Bonchev–Trinajstić information content (AvgIpc) is 3.12. The molecule has 2 saturated carbocycles. The van der Waals surface area contributed by atoms with Crippen molar-refractivity contribution < 1.29 is 4.79 Å². The molecule has 2 bridgehead atoms. The molecule has 1 amide bonds. The molecule has 2 fully saturated rings. The number of carbonyl (C=O) groups excluding carboxylic acids is 1. The fraction of sp³-hybridized carbons (Fsp3) is 0.524. The van der Waals surface area contributed by atoms with Gasteiger partial charge in [-0.15, -0.1) is 23.7 Å². The number of rotatable bonds is 4. The molecular formula is C21H28ClN3OS. The molecule has 1 aromatic carbocycles. The van der Waals surface area contributed by atoms with Gasteiger partial charge >= 0.3 is 0 Å². The first-order chi connectivity index (χ1) is 12.6. The summed E-state index contributed by atoms with van der Waals surface area (Å²) in [5, 5.41) is 6.23. The largest absolute Gasteiger partial charge is 0.347 e. The van der Waals surface area contributed by atoms with E-state index in [4.69, 9.17) is 10.7 Å². The van der Waals surface area contributed by atoms with Crippen LogP contribution in [0.5, 0.6) is 0 Å². The van der Waals surface area contributed by atoms with Gasteiger partial charge in [0.05, 0.1) is 11.7 Å². The van der Waals surface area contributed by atoms with E-state index in [9.17, 15) is 4.79 Å². The van der Waals surface area contributed by atoms with Crippen LogP contribution in [-0.2, 0) is 4.79 Å². The topological polar surface area (TPSA) is 68.0 Å². The van der Waals surface area contributed by atoms with Crippen LogP contribution >= 0.6 is 23.7 Å². The summed E-state index contributed by atoms with van der Waals surface area (Å²) in [6.07, 6.45) is 5.54. The van der Waals surface area contributed by atoms with Crippen molar-refractivity contribution in [1.29, 1.82) is 0 Å². The SMILES string of the molecule is CC(NC(=O)C1CC2CCCC(C1)C2N)c1nc(-c2ccccc2)cs1.Cl. The van der Waals surface area contributed by atoms with Crippen LogP contribution in [0.1, 0.15) is 50.1 Å². The Labute approximate surface area is 171 Å². The highest BCUT2D eigenvalue weighted by Crippen LogP contribution is 2.42. The van der Waals surface area contributed by atoms with Gasteiger partial charge in [0.15, 0.2) is 0 Å². The second-order valence-electron chi connectivity index (χ2n) is 7.86. The number of hydrogen-bond donors (Lipinski definition) is 2. The van der Waals surface area contributed by atoms with Gasteiger partial charge in [-0.1, -0.05) is 36.8 Å². The number of carbonyl (C=O) groups is 1. The molecule has 3 atom stereocenters. The normalized spacial score (nSPS) is 28.1. The van der Waals surface area contributed by atoms with Gasteiger partial charge < -0.3 is 11.1 Å². The summed E-state index contributed by atoms with van der Waals surface area (Å²) in [4.78, 5) is 17.6. The van der Waals surface area contributed by atoms with Gasteiger partial charge in [0.2, 0.25) is 5.91 Å². The smallest absolute Gasteiger partial charge is 0.223 e. The lowest BCUT2D eigenvalue weighted by Crippen LogP contribution is -2.49. The molecule has 1 heterocycles. The summed E-state index contributed by atoms with van der Waals surface area (Å²) in [5.74, 6) is 1.34. The third kappa shape index (κ3) is 4.36. The number of benzene rings is 1. The van der Waals surface area contributed by atoms with E-state index in [1.807, 2.05) is 25.1 Å². The van der Waals surface area contributed by atoms with Gasteiger partial charge in [-0.3, -0.25) is 4.79 Å². The summed E-state index contributed by atoms with van der Waals surface area (Å²) < 4.78 is 0. The van der Waals surface area contributed by atoms with Crippen molar-refractivity contribution in [2.45, 2.75) is 51.1 Å². The van der Waals surface area contributed by atoms with Crippen LogP contribution in [0.4, 0.5) is 0 Å². The maximum atomic E-state index is 12.8. The van der Waals surface area contributed by atoms with E-state index in [0.717, 1.165) is 29.1 Å². The molecule has 1 aromatic heterocycles. The van der Waals surface area contributed by atoms with Gasteiger partial charge in [0.1, 0.15) is 5.01 Å². The number of halogens is 1. The number of thiazole rings is 1. The zero-order chi connectivity index (χ0) is 18.1. The monoisotopic (exact) mass is 405 g/mol. The third-order valence-electron chi connectivity index (χ3n) is 6.10. The molecule has 27 heavy (non-hydrogen) atoms. The second kappa shape index (κ2) is 8.72. The molecule has 4 rings (SSSR count). The number of nitrogens with two attached hydrogens (primary N) is 1. The van der Waals surface area contributed by atoms with Gasteiger partial charge in [-0.25, -0.2) is 4.98 Å². The molecule has 3 unspecified atom stereocenters. The van der Waals surface area contributed by atoms with Crippen LogP contribution in [0.25, 0.3) is 11.3 Å². The van der Waals surface area contributed by atoms with Crippen LogP contribution in [0.15, 0.2) is 35.7 Å². The minimum absolute atomic E-state index is 0. The van der Waals surface area contributed by atoms with E-state index in [-0.39, 0.29) is 30.3 Å². The van der Waals surface area contributed by atoms with Crippen molar-refractivity contribution in [3.8, 4) is 11.3 Å². The van der Waals surface area contributed by atoms with Crippen LogP contribution in [-0.4, -0.2) is 16.9 Å². The van der Waals surface area contributed by atoms with E-state index in [1.165, 1.54) is 19.3 Å². The third-order valence-corrected chi connectivity index (χ3v) is 7.13. The van der Waals surface area contributed by atoms with Crippen molar-refractivity contribution in [1.82, 2.24) is 10.3 Å². The van der Waals surface area contributed by atoms with Crippen LogP contribution in [0.3, 0.4) is 0 Å². The van der Waals surface area contributed by atoms with E-state index in [0.29, 0.717) is 17.9 Å². The molecule has 0 saturated heterocycles. The fourth-order valence-corrected chi connectivity index (χ4v) is 5.46. The fourth-order valence-electron chi connectivity index (χ4n) is 4.62. The Morgan fingerprint density at radius 2 is 1.89 bits per heavy atom. The van der Waals surface area contributed by atoms with Crippen LogP contribution in [0.2, 0.25) is 0 Å². The summed E-state index contributed by atoms with van der Waals surface area (Å²) in [5.41, 5.74) is 8.45. The Kier molecular flexibility index (Phi) is 6.56. The summed E-state index contributed by atoms with van der Waals surface area (Å²) in [6, 6.07) is 10.4. The standard InChI is InChI=1S/C21H27N3OS.ClH/c1-13(21-24-18(12-26-21)14-6-3-2-4-7-14)23-20(25)17-10-15-8-5-9-16(11-17)19(15)22;/h2-4,6-7,12-13,15-17,19H,5,8-11,22H2,1H3,(H,23,25);1H. The highest BCUT2D eigenvalue weighted by Gasteiger charge is 2.40. The molecule has 2 aliphatic rings. The van der Waals surface area contributed by atoms with E-state index < -0.39 is 0 Å². The van der Waals surface area contributed by atoms with Crippen molar-refractivity contribution in [2.75, 3.05) is 0 Å². The number of hydrogen-bond acceptors (Lipinski definition) is 4. The van der Waals surface area contributed by atoms with Crippen molar-refractivity contribution in [2.24, 2.45) is 23.5 Å². The number of amides is 1. The lowest BCUT2D eigenvalue weighted by Gasteiger charge is -2.43. The number of aromatic nitrogens is 1. The summed E-state index contributed by atoms with van der Waals surface area (Å²) >= 11 is 1.61. The summed E-state index contributed by atoms with van der Waals surface area (Å²) in [7, 11) is 0. The molecule has 6 heteroatoms. The molecule has 0 radical (unpaired) electrons. The molecule has 146 valence electrons. The first kappa shape index (κ1) is 20.3. The molecule has 0 spiro atoms. The Balaban J connectivity index is 0.00000210. The minimum atomic E-state index is -0.0552. The van der Waals surface area contributed by atoms with Gasteiger partial charge in [-0.2, -0.15) is 0 Å². The van der Waals surface area contributed by atoms with Gasteiger partial charge in [-0.05, 0) is 44.4 Å². The number of nitrogens with one attached hydrogen (secondary N) is 1. The molecule has 2 aromatic rings. The molecule has 3 N–H and O–H groups in total. The number of fused-ring (bicyclic) bond motifs is 2. The van der Waals surface area contributed by atoms with Crippen LogP contribution in [0, 0.1) is 17.8 Å². The van der Waals surface area contributed by atoms with Crippen molar-refractivity contribution in [3.63, 3.8) is 0 Å². The Hall–Kier alpha value is -1.43. The first-order valence-corrected chi connectivity index (χ1v) is 10.6. The van der Waals surface area contributed by atoms with E-state index in [1.54, 1.807) is 11.3 Å². The highest BCUT2D eigenvalue weighted by molar-refractivity contribution is 7.10. The zero-order valence-corrected chi connectivity index (χ0v) is 17.3. The van der Waals surface area contributed by atoms with Crippen molar-refractivity contribution in [3.05, 3.63) is 40.7 Å². The maximum Gasteiger partial charge on any atom is 0.223 e. The Bertz CT molecular complexity index is 752. The zero-order valence-electron chi connectivity index (χ0n) is 15.6. The molecular weight excluding hydrogens is 378 g/mol. The minimum Gasteiger partial charge on any atom is -0.347 e. The predicted molar refractivity (Wildman–Crippen MR) is 113 cm³/mol. The first-order valence-electron chi connectivity index (χ1n) is 9.68. The second-order valence-corrected chi connectivity index (χ2v) is 8.75. The van der Waals surface area contributed by atoms with Crippen LogP contribution < -0.4 is 11.1 Å². The quantitative estimate of drug-likeness (QED) is 0.783. The molecule has 0 aliphatic heterocycles. The lowest BCUT2D eigenvalue weighted by molar-refractivity contribution is -0.128.